The van der Waals surface area contributed by atoms with E-state index in [-0.39, 0.29) is 13.2 Å². The number of benzene rings is 1. The number of methoxy groups -OCH3 is 1. The fourth-order valence-electron chi connectivity index (χ4n) is 2.44. The van der Waals surface area contributed by atoms with Gasteiger partial charge in [0.15, 0.2) is 0 Å². The summed E-state index contributed by atoms with van der Waals surface area (Å²) in [5, 5.41) is 19.2. The molecular formula is C15H24O3. The first-order chi connectivity index (χ1) is 8.55. The molecule has 3 nitrogen and oxygen atoms in total. The Morgan fingerprint density at radius 1 is 1.22 bits per heavy atom. The Kier molecular flexibility index (Phi) is 5.63. The van der Waals surface area contributed by atoms with E-state index in [9.17, 15) is 10.2 Å². The van der Waals surface area contributed by atoms with E-state index in [0.29, 0.717) is 12.3 Å². The zero-order chi connectivity index (χ0) is 13.6. The molecule has 1 rings (SSSR count). The van der Waals surface area contributed by atoms with E-state index < -0.39 is 5.41 Å². The molecule has 0 saturated heterocycles. The van der Waals surface area contributed by atoms with Crippen LogP contribution in [0.1, 0.15) is 25.8 Å². The van der Waals surface area contributed by atoms with Crippen molar-refractivity contribution in [2.24, 2.45) is 11.3 Å². The van der Waals surface area contributed by atoms with E-state index in [1.165, 1.54) is 0 Å². The summed E-state index contributed by atoms with van der Waals surface area (Å²) in [5.74, 6) is 1.25. The second-order valence-electron chi connectivity index (χ2n) is 5.44. The van der Waals surface area contributed by atoms with Crippen LogP contribution >= 0.6 is 0 Å². The van der Waals surface area contributed by atoms with Crippen LogP contribution in [0.3, 0.4) is 0 Å². The maximum atomic E-state index is 9.62. The van der Waals surface area contributed by atoms with E-state index in [0.717, 1.165) is 17.7 Å². The second kappa shape index (κ2) is 6.76. The van der Waals surface area contributed by atoms with Crippen LogP contribution in [0.2, 0.25) is 0 Å². The number of aliphatic hydroxyl groups excluding tert-OH is 2. The maximum absolute atomic E-state index is 9.62. The minimum atomic E-state index is -0.444. The fraction of sp³-hybridized carbons (Fsp3) is 0.600. The van der Waals surface area contributed by atoms with Gasteiger partial charge in [-0.3, -0.25) is 0 Å². The van der Waals surface area contributed by atoms with Gasteiger partial charge >= 0.3 is 0 Å². The molecule has 0 saturated carbocycles. The van der Waals surface area contributed by atoms with Crippen LogP contribution in [0.5, 0.6) is 5.75 Å². The molecule has 0 fully saturated rings. The second-order valence-corrected chi connectivity index (χ2v) is 5.44. The highest BCUT2D eigenvalue weighted by Gasteiger charge is 2.30. The molecule has 0 bridgehead atoms. The first-order valence-electron chi connectivity index (χ1n) is 6.40. The van der Waals surface area contributed by atoms with Gasteiger partial charge in [0.05, 0.1) is 20.3 Å². The summed E-state index contributed by atoms with van der Waals surface area (Å²) < 4.78 is 5.19. The SMILES string of the molecule is COc1cccc(CC(CO)(CO)CC(C)C)c1. The summed E-state index contributed by atoms with van der Waals surface area (Å²) in [6.07, 6.45) is 1.46. The van der Waals surface area contributed by atoms with Gasteiger partial charge in [0.1, 0.15) is 5.75 Å². The van der Waals surface area contributed by atoms with Crippen molar-refractivity contribution in [2.75, 3.05) is 20.3 Å². The molecule has 0 atom stereocenters. The van der Waals surface area contributed by atoms with Crippen molar-refractivity contribution in [3.8, 4) is 5.75 Å². The Balaban J connectivity index is 2.88. The lowest BCUT2D eigenvalue weighted by Crippen LogP contribution is -2.34. The third-order valence-corrected chi connectivity index (χ3v) is 3.23. The number of rotatable bonds is 7. The monoisotopic (exact) mass is 252 g/mol. The van der Waals surface area contributed by atoms with Crippen LogP contribution in [0.4, 0.5) is 0 Å². The lowest BCUT2D eigenvalue weighted by atomic mass is 9.76. The van der Waals surface area contributed by atoms with Gasteiger partial charge in [-0.25, -0.2) is 0 Å². The molecule has 0 aromatic heterocycles. The van der Waals surface area contributed by atoms with Crippen molar-refractivity contribution >= 4 is 0 Å². The lowest BCUT2D eigenvalue weighted by molar-refractivity contribution is 0.0369. The van der Waals surface area contributed by atoms with Crippen molar-refractivity contribution in [1.82, 2.24) is 0 Å². The Hall–Kier alpha value is -1.06. The normalized spacial score (nSPS) is 11.9. The van der Waals surface area contributed by atoms with Gasteiger partial charge in [0.25, 0.3) is 0 Å². The summed E-state index contributed by atoms with van der Waals surface area (Å²) in [7, 11) is 1.64. The Morgan fingerprint density at radius 3 is 2.39 bits per heavy atom. The smallest absolute Gasteiger partial charge is 0.119 e. The third kappa shape index (κ3) is 4.00. The van der Waals surface area contributed by atoms with Gasteiger partial charge < -0.3 is 14.9 Å². The van der Waals surface area contributed by atoms with Crippen molar-refractivity contribution in [3.63, 3.8) is 0 Å². The van der Waals surface area contributed by atoms with Gasteiger partial charge in [-0.1, -0.05) is 26.0 Å². The predicted octanol–water partition coefficient (Wildman–Crippen LogP) is 2.25. The molecule has 102 valence electrons. The Bertz CT molecular complexity index is 357. The van der Waals surface area contributed by atoms with Crippen LogP contribution in [0.15, 0.2) is 24.3 Å². The zero-order valence-electron chi connectivity index (χ0n) is 11.5. The molecule has 1 aromatic carbocycles. The Morgan fingerprint density at radius 2 is 1.89 bits per heavy atom. The van der Waals surface area contributed by atoms with Crippen molar-refractivity contribution in [3.05, 3.63) is 29.8 Å². The van der Waals surface area contributed by atoms with Gasteiger partial charge in [0.2, 0.25) is 0 Å². The highest BCUT2D eigenvalue weighted by Crippen LogP contribution is 2.31. The number of aliphatic hydroxyl groups is 2. The molecule has 0 spiro atoms. The summed E-state index contributed by atoms with van der Waals surface area (Å²) in [6.45, 7) is 4.20. The first-order valence-corrected chi connectivity index (χ1v) is 6.40. The number of ether oxygens (including phenoxy) is 1. The van der Waals surface area contributed by atoms with Gasteiger partial charge in [-0.05, 0) is 36.5 Å². The first kappa shape index (κ1) is 15.0. The molecule has 0 amide bonds. The summed E-state index contributed by atoms with van der Waals surface area (Å²) in [5.41, 5.74) is 0.638. The molecule has 0 aliphatic carbocycles. The molecule has 0 aliphatic heterocycles. The average Bonchev–Trinajstić information content (AvgIpc) is 2.37. The van der Waals surface area contributed by atoms with Crippen molar-refractivity contribution in [2.45, 2.75) is 26.7 Å². The van der Waals surface area contributed by atoms with Gasteiger partial charge in [-0.2, -0.15) is 0 Å². The predicted molar refractivity (Wildman–Crippen MR) is 72.8 cm³/mol. The lowest BCUT2D eigenvalue weighted by Gasteiger charge is -2.31. The topological polar surface area (TPSA) is 49.7 Å². The minimum absolute atomic E-state index is 0.00110. The van der Waals surface area contributed by atoms with Crippen LogP contribution in [-0.4, -0.2) is 30.5 Å². The highest BCUT2D eigenvalue weighted by atomic mass is 16.5. The molecule has 18 heavy (non-hydrogen) atoms. The minimum Gasteiger partial charge on any atom is -0.497 e. The molecule has 0 unspecified atom stereocenters. The molecule has 3 heteroatoms. The summed E-state index contributed by atoms with van der Waals surface area (Å²) in [6, 6.07) is 7.79. The highest BCUT2D eigenvalue weighted by molar-refractivity contribution is 5.29. The van der Waals surface area contributed by atoms with Crippen LogP contribution < -0.4 is 4.74 Å². The van der Waals surface area contributed by atoms with Crippen LogP contribution in [0.25, 0.3) is 0 Å². The van der Waals surface area contributed by atoms with Gasteiger partial charge in [0, 0.05) is 5.41 Å². The maximum Gasteiger partial charge on any atom is 0.119 e. The average molecular weight is 252 g/mol. The van der Waals surface area contributed by atoms with E-state index >= 15 is 0 Å². The van der Waals surface area contributed by atoms with Crippen LogP contribution in [0, 0.1) is 11.3 Å². The molecule has 0 heterocycles. The molecular weight excluding hydrogens is 228 g/mol. The standard InChI is InChI=1S/C15H24O3/c1-12(2)8-15(10-16,11-17)9-13-5-4-6-14(7-13)18-3/h4-7,12,16-17H,8-11H2,1-3H3. The molecule has 0 aliphatic rings. The van der Waals surface area contributed by atoms with Crippen LogP contribution in [-0.2, 0) is 6.42 Å². The van der Waals surface area contributed by atoms with Gasteiger partial charge in [-0.15, -0.1) is 0 Å². The quantitative estimate of drug-likeness (QED) is 0.782. The summed E-state index contributed by atoms with van der Waals surface area (Å²) in [4.78, 5) is 0. The molecule has 1 aromatic rings. The third-order valence-electron chi connectivity index (χ3n) is 3.23. The summed E-state index contributed by atoms with van der Waals surface area (Å²) >= 11 is 0. The fourth-order valence-corrected chi connectivity index (χ4v) is 2.44. The molecule has 0 radical (unpaired) electrons. The largest absolute Gasteiger partial charge is 0.497 e. The van der Waals surface area contributed by atoms with E-state index in [1.54, 1.807) is 7.11 Å². The number of hydrogen-bond donors (Lipinski definition) is 2. The van der Waals surface area contributed by atoms with E-state index in [4.69, 9.17) is 4.74 Å². The van der Waals surface area contributed by atoms with Crippen molar-refractivity contribution in [1.29, 1.82) is 0 Å². The molecule has 2 N–H and O–H groups in total. The van der Waals surface area contributed by atoms with E-state index in [2.05, 4.69) is 13.8 Å². The van der Waals surface area contributed by atoms with E-state index in [1.807, 2.05) is 24.3 Å². The Labute approximate surface area is 109 Å². The number of hydrogen-bond acceptors (Lipinski definition) is 3. The van der Waals surface area contributed by atoms with Crippen molar-refractivity contribution < 1.29 is 14.9 Å². The zero-order valence-corrected chi connectivity index (χ0v) is 11.5.